The lowest BCUT2D eigenvalue weighted by atomic mass is 10.0. The van der Waals surface area contributed by atoms with Gasteiger partial charge in [0.05, 0.1) is 6.04 Å². The maximum Gasteiger partial charge on any atom is 0.434 e. The summed E-state index contributed by atoms with van der Waals surface area (Å²) in [5.74, 6) is 0.101. The number of halogens is 3. The summed E-state index contributed by atoms with van der Waals surface area (Å²) in [7, 11) is 1.73. The normalized spacial score (nSPS) is 22.1. The average molecular weight is 307 g/mol. The SMILES string of the molecule is CC(NC1CCC(=O)N(C)C1)c1nc(C(F)(F)F)cs1. The number of hydrogen-bond donors (Lipinski definition) is 1. The van der Waals surface area contributed by atoms with Gasteiger partial charge < -0.3 is 10.2 Å². The van der Waals surface area contributed by atoms with Gasteiger partial charge in [-0.3, -0.25) is 4.79 Å². The lowest BCUT2D eigenvalue weighted by molar-refractivity contribution is -0.140. The maximum absolute atomic E-state index is 12.5. The Hall–Kier alpha value is -1.15. The Morgan fingerprint density at radius 1 is 1.55 bits per heavy atom. The van der Waals surface area contributed by atoms with E-state index in [2.05, 4.69) is 10.3 Å². The number of hydrogen-bond acceptors (Lipinski definition) is 4. The van der Waals surface area contributed by atoms with E-state index in [9.17, 15) is 18.0 Å². The first-order valence-electron chi connectivity index (χ1n) is 6.30. The monoisotopic (exact) mass is 307 g/mol. The number of amides is 1. The number of rotatable bonds is 3. The van der Waals surface area contributed by atoms with E-state index in [1.165, 1.54) is 0 Å². The van der Waals surface area contributed by atoms with Crippen LogP contribution in [0.2, 0.25) is 0 Å². The second-order valence-electron chi connectivity index (χ2n) is 4.97. The van der Waals surface area contributed by atoms with Gasteiger partial charge in [-0.05, 0) is 13.3 Å². The van der Waals surface area contributed by atoms with Gasteiger partial charge in [0.15, 0.2) is 5.69 Å². The van der Waals surface area contributed by atoms with E-state index < -0.39 is 11.9 Å². The van der Waals surface area contributed by atoms with Crippen molar-refractivity contribution < 1.29 is 18.0 Å². The fourth-order valence-corrected chi connectivity index (χ4v) is 3.03. The minimum atomic E-state index is -4.40. The van der Waals surface area contributed by atoms with Crippen molar-refractivity contribution in [1.29, 1.82) is 0 Å². The molecule has 1 aromatic rings. The molecule has 1 saturated heterocycles. The largest absolute Gasteiger partial charge is 0.434 e. The smallest absolute Gasteiger partial charge is 0.344 e. The third-order valence-corrected chi connectivity index (χ3v) is 4.32. The van der Waals surface area contributed by atoms with Gasteiger partial charge in [-0.15, -0.1) is 11.3 Å². The van der Waals surface area contributed by atoms with Gasteiger partial charge in [0.2, 0.25) is 5.91 Å². The number of likely N-dealkylation sites (tertiary alicyclic amines) is 1. The number of nitrogens with one attached hydrogen (secondary N) is 1. The number of aromatic nitrogens is 1. The van der Waals surface area contributed by atoms with Gasteiger partial charge >= 0.3 is 6.18 Å². The van der Waals surface area contributed by atoms with Crippen LogP contribution in [0.3, 0.4) is 0 Å². The van der Waals surface area contributed by atoms with Crippen LogP contribution in [0.25, 0.3) is 0 Å². The highest BCUT2D eigenvalue weighted by molar-refractivity contribution is 7.09. The Morgan fingerprint density at radius 3 is 2.80 bits per heavy atom. The van der Waals surface area contributed by atoms with Gasteiger partial charge in [-0.2, -0.15) is 13.2 Å². The molecule has 0 bridgehead atoms. The summed E-state index contributed by atoms with van der Waals surface area (Å²) >= 11 is 1.00. The second-order valence-corrected chi connectivity index (χ2v) is 5.86. The van der Waals surface area contributed by atoms with Gasteiger partial charge in [0.1, 0.15) is 5.01 Å². The van der Waals surface area contributed by atoms with Crippen LogP contribution in [0.4, 0.5) is 13.2 Å². The average Bonchev–Trinajstić information content (AvgIpc) is 2.83. The molecular weight excluding hydrogens is 291 g/mol. The molecular formula is C12H16F3N3OS. The Labute approximate surface area is 119 Å². The fourth-order valence-electron chi connectivity index (χ4n) is 2.19. The molecule has 0 saturated carbocycles. The molecule has 0 aliphatic carbocycles. The van der Waals surface area contributed by atoms with Crippen LogP contribution in [0, 0.1) is 0 Å². The standard InChI is InChI=1S/C12H16F3N3OS/c1-7(11-17-9(6-20-11)12(13,14)15)16-8-3-4-10(19)18(2)5-8/h6-8,16H,3-5H2,1-2H3. The van der Waals surface area contributed by atoms with Gasteiger partial charge in [0, 0.05) is 31.4 Å². The van der Waals surface area contributed by atoms with Crippen LogP contribution in [-0.4, -0.2) is 35.4 Å². The van der Waals surface area contributed by atoms with Crippen molar-refractivity contribution in [2.24, 2.45) is 0 Å². The summed E-state index contributed by atoms with van der Waals surface area (Å²) < 4.78 is 37.5. The highest BCUT2D eigenvalue weighted by Gasteiger charge is 2.34. The third-order valence-electron chi connectivity index (χ3n) is 3.30. The van der Waals surface area contributed by atoms with Crippen LogP contribution in [0.5, 0.6) is 0 Å². The van der Waals surface area contributed by atoms with E-state index in [0.29, 0.717) is 24.4 Å². The van der Waals surface area contributed by atoms with Crippen molar-refractivity contribution in [2.45, 2.75) is 38.0 Å². The topological polar surface area (TPSA) is 45.2 Å². The minimum Gasteiger partial charge on any atom is -0.344 e. The Morgan fingerprint density at radius 2 is 2.25 bits per heavy atom. The molecule has 112 valence electrons. The molecule has 1 aliphatic heterocycles. The lowest BCUT2D eigenvalue weighted by Gasteiger charge is -2.31. The lowest BCUT2D eigenvalue weighted by Crippen LogP contribution is -2.47. The Balaban J connectivity index is 1.96. The summed E-state index contributed by atoms with van der Waals surface area (Å²) in [6, 6.07) is -0.173. The first-order valence-corrected chi connectivity index (χ1v) is 7.18. The van der Waals surface area contributed by atoms with E-state index in [4.69, 9.17) is 0 Å². The van der Waals surface area contributed by atoms with Crippen molar-refractivity contribution in [1.82, 2.24) is 15.2 Å². The minimum absolute atomic E-state index is 0.0888. The maximum atomic E-state index is 12.5. The van der Waals surface area contributed by atoms with Crippen LogP contribution >= 0.6 is 11.3 Å². The molecule has 8 heteroatoms. The summed E-state index contributed by atoms with van der Waals surface area (Å²) in [5.41, 5.74) is -0.845. The quantitative estimate of drug-likeness (QED) is 0.933. The van der Waals surface area contributed by atoms with Crippen LogP contribution in [-0.2, 0) is 11.0 Å². The molecule has 0 spiro atoms. The van der Waals surface area contributed by atoms with Crippen molar-refractivity contribution in [3.8, 4) is 0 Å². The fraction of sp³-hybridized carbons (Fsp3) is 0.667. The first-order chi connectivity index (χ1) is 9.27. The molecule has 20 heavy (non-hydrogen) atoms. The molecule has 1 aromatic heterocycles. The molecule has 1 fully saturated rings. The first kappa shape index (κ1) is 15.2. The Kier molecular flexibility index (Phi) is 4.33. The van der Waals surface area contributed by atoms with Gasteiger partial charge in [0.25, 0.3) is 0 Å². The summed E-state index contributed by atoms with van der Waals surface area (Å²) in [6.45, 7) is 2.36. The Bertz CT molecular complexity index is 489. The zero-order valence-electron chi connectivity index (χ0n) is 11.2. The summed E-state index contributed by atoms with van der Waals surface area (Å²) in [6.07, 6.45) is -3.23. The van der Waals surface area contributed by atoms with E-state index in [1.54, 1.807) is 18.9 Å². The van der Waals surface area contributed by atoms with E-state index in [1.807, 2.05) is 0 Å². The van der Waals surface area contributed by atoms with Crippen LogP contribution in [0.1, 0.15) is 36.5 Å². The van der Waals surface area contributed by atoms with Crippen molar-refractivity contribution in [3.05, 3.63) is 16.1 Å². The van der Waals surface area contributed by atoms with Crippen molar-refractivity contribution >= 4 is 17.2 Å². The molecule has 0 radical (unpaired) electrons. The van der Waals surface area contributed by atoms with E-state index in [-0.39, 0.29) is 18.0 Å². The highest BCUT2D eigenvalue weighted by Crippen LogP contribution is 2.31. The molecule has 1 N–H and O–H groups in total. The van der Waals surface area contributed by atoms with Gasteiger partial charge in [-0.1, -0.05) is 0 Å². The number of likely N-dealkylation sites (N-methyl/N-ethyl adjacent to an activating group) is 1. The summed E-state index contributed by atoms with van der Waals surface area (Å²) in [4.78, 5) is 16.6. The van der Waals surface area contributed by atoms with Crippen LogP contribution < -0.4 is 5.32 Å². The molecule has 2 rings (SSSR count). The van der Waals surface area contributed by atoms with Crippen molar-refractivity contribution in [3.63, 3.8) is 0 Å². The zero-order valence-corrected chi connectivity index (χ0v) is 12.0. The number of nitrogens with zero attached hydrogens (tertiary/aromatic N) is 2. The number of piperidine rings is 1. The van der Waals surface area contributed by atoms with E-state index >= 15 is 0 Å². The number of carbonyl (C=O) groups excluding carboxylic acids is 1. The van der Waals surface area contributed by atoms with E-state index in [0.717, 1.165) is 16.7 Å². The zero-order chi connectivity index (χ0) is 14.9. The second kappa shape index (κ2) is 5.69. The highest BCUT2D eigenvalue weighted by atomic mass is 32.1. The summed E-state index contributed by atoms with van der Waals surface area (Å²) in [5, 5.41) is 4.68. The molecule has 1 amide bonds. The molecule has 2 unspecified atom stereocenters. The van der Waals surface area contributed by atoms with Gasteiger partial charge in [-0.25, -0.2) is 4.98 Å². The predicted molar refractivity (Wildman–Crippen MR) is 69.3 cm³/mol. The third kappa shape index (κ3) is 3.49. The van der Waals surface area contributed by atoms with Crippen LogP contribution in [0.15, 0.2) is 5.38 Å². The number of carbonyl (C=O) groups is 1. The molecule has 1 aliphatic rings. The number of alkyl halides is 3. The van der Waals surface area contributed by atoms with Crippen molar-refractivity contribution in [2.75, 3.05) is 13.6 Å². The molecule has 4 nitrogen and oxygen atoms in total. The number of thiazole rings is 1. The molecule has 2 atom stereocenters. The molecule has 2 heterocycles. The predicted octanol–water partition coefficient (Wildman–Crippen LogP) is 2.43. The molecule has 0 aromatic carbocycles.